The highest BCUT2D eigenvalue weighted by molar-refractivity contribution is 6.29. The number of rotatable bonds is 1. The second-order valence-electron chi connectivity index (χ2n) is 4.78. The van der Waals surface area contributed by atoms with Crippen LogP contribution in [0.4, 0.5) is 0 Å². The molecule has 2 aliphatic heterocycles. The topological polar surface area (TPSA) is 75.2 Å². The molecule has 1 aromatic rings. The van der Waals surface area contributed by atoms with Crippen LogP contribution >= 0.6 is 11.6 Å². The fraction of sp³-hybridized carbons (Fsp3) is 0.500. The molecule has 0 aromatic carbocycles. The molecule has 19 heavy (non-hydrogen) atoms. The van der Waals surface area contributed by atoms with Gasteiger partial charge in [0, 0.05) is 13.1 Å². The first-order chi connectivity index (χ1) is 9.16. The summed E-state index contributed by atoms with van der Waals surface area (Å²) in [6.45, 7) is 1.18. The molecule has 6 nitrogen and oxygen atoms in total. The highest BCUT2D eigenvalue weighted by Crippen LogP contribution is 2.28. The molecule has 2 unspecified atom stereocenters. The predicted molar refractivity (Wildman–Crippen MR) is 67.6 cm³/mol. The summed E-state index contributed by atoms with van der Waals surface area (Å²) in [6.07, 6.45) is 4.40. The van der Waals surface area contributed by atoms with Crippen LogP contribution in [-0.4, -0.2) is 45.8 Å². The minimum Gasteiger partial charge on any atom is -0.354 e. The van der Waals surface area contributed by atoms with Crippen molar-refractivity contribution < 1.29 is 9.59 Å². The van der Waals surface area contributed by atoms with Crippen LogP contribution in [0.2, 0.25) is 5.15 Å². The smallest absolute Gasteiger partial charge is 0.274 e. The molecule has 2 fully saturated rings. The van der Waals surface area contributed by atoms with E-state index in [0.29, 0.717) is 13.1 Å². The van der Waals surface area contributed by atoms with Crippen LogP contribution in [-0.2, 0) is 4.79 Å². The Balaban J connectivity index is 1.83. The van der Waals surface area contributed by atoms with Crippen LogP contribution in [0.25, 0.3) is 0 Å². The van der Waals surface area contributed by atoms with Gasteiger partial charge in [0.25, 0.3) is 5.91 Å². The molecule has 2 amide bonds. The number of nitrogens with one attached hydrogen (secondary N) is 1. The summed E-state index contributed by atoms with van der Waals surface area (Å²) in [4.78, 5) is 33.7. The first-order valence-electron chi connectivity index (χ1n) is 6.23. The Kier molecular flexibility index (Phi) is 3.10. The van der Waals surface area contributed by atoms with Gasteiger partial charge in [-0.15, -0.1) is 0 Å². The van der Waals surface area contributed by atoms with Crippen LogP contribution in [0, 0.1) is 5.92 Å². The normalized spacial score (nSPS) is 25.9. The summed E-state index contributed by atoms with van der Waals surface area (Å²) >= 11 is 5.66. The van der Waals surface area contributed by atoms with Crippen molar-refractivity contribution in [2.45, 2.75) is 18.9 Å². The number of fused-ring (bicyclic) bond motifs is 1. The SMILES string of the molecule is O=C1NCC2C1CCCN2C(=O)c1cnc(Cl)cn1. The zero-order valence-corrected chi connectivity index (χ0v) is 10.9. The van der Waals surface area contributed by atoms with Gasteiger partial charge in [0.05, 0.1) is 24.4 Å². The number of halogens is 1. The van der Waals surface area contributed by atoms with Gasteiger partial charge >= 0.3 is 0 Å². The van der Waals surface area contributed by atoms with Crippen molar-refractivity contribution in [2.24, 2.45) is 5.92 Å². The Morgan fingerprint density at radius 1 is 1.42 bits per heavy atom. The standard InChI is InChI=1S/C12H13ClN4O2/c13-10-6-14-8(4-15-10)12(19)17-3-1-2-7-9(17)5-16-11(7)18/h4,6-7,9H,1-3,5H2,(H,16,18). The van der Waals surface area contributed by atoms with E-state index >= 15 is 0 Å². The summed E-state index contributed by atoms with van der Waals surface area (Å²) in [5.74, 6) is -0.224. The summed E-state index contributed by atoms with van der Waals surface area (Å²) in [7, 11) is 0. The van der Waals surface area contributed by atoms with E-state index < -0.39 is 0 Å². The van der Waals surface area contributed by atoms with Crippen LogP contribution in [0.3, 0.4) is 0 Å². The van der Waals surface area contributed by atoms with E-state index in [9.17, 15) is 9.59 Å². The maximum atomic E-state index is 12.4. The Labute approximate surface area is 115 Å². The van der Waals surface area contributed by atoms with Crippen LogP contribution in [0.1, 0.15) is 23.3 Å². The Morgan fingerprint density at radius 3 is 3.00 bits per heavy atom. The number of nitrogens with zero attached hydrogens (tertiary/aromatic N) is 3. The molecule has 3 heterocycles. The Morgan fingerprint density at radius 2 is 2.26 bits per heavy atom. The van der Waals surface area contributed by atoms with Crippen LogP contribution in [0.15, 0.2) is 12.4 Å². The summed E-state index contributed by atoms with van der Waals surface area (Å²) in [5, 5.41) is 3.07. The molecule has 3 rings (SSSR count). The predicted octanol–water partition coefficient (Wildman–Crippen LogP) is 0.481. The highest BCUT2D eigenvalue weighted by atomic mass is 35.5. The molecule has 0 aliphatic carbocycles. The number of likely N-dealkylation sites (tertiary alicyclic amines) is 1. The van der Waals surface area contributed by atoms with E-state index in [1.54, 1.807) is 4.90 Å². The average Bonchev–Trinajstić information content (AvgIpc) is 2.81. The monoisotopic (exact) mass is 280 g/mol. The van der Waals surface area contributed by atoms with Crippen molar-refractivity contribution in [1.29, 1.82) is 0 Å². The van der Waals surface area contributed by atoms with E-state index in [4.69, 9.17) is 11.6 Å². The van der Waals surface area contributed by atoms with E-state index in [1.165, 1.54) is 12.4 Å². The molecule has 2 saturated heterocycles. The van der Waals surface area contributed by atoms with E-state index in [-0.39, 0.29) is 34.6 Å². The van der Waals surface area contributed by atoms with Crippen molar-refractivity contribution in [2.75, 3.05) is 13.1 Å². The Bertz CT molecular complexity index is 519. The van der Waals surface area contributed by atoms with Crippen molar-refractivity contribution in [3.05, 3.63) is 23.2 Å². The molecule has 1 aromatic heterocycles. The lowest BCUT2D eigenvalue weighted by atomic mass is 9.91. The molecular weight excluding hydrogens is 268 g/mol. The number of amides is 2. The zero-order valence-electron chi connectivity index (χ0n) is 10.2. The van der Waals surface area contributed by atoms with Gasteiger partial charge in [-0.25, -0.2) is 9.97 Å². The summed E-state index contributed by atoms with van der Waals surface area (Å²) in [6, 6.07) is -0.0637. The van der Waals surface area contributed by atoms with Gasteiger partial charge in [0.15, 0.2) is 0 Å². The maximum Gasteiger partial charge on any atom is 0.274 e. The number of hydrogen-bond donors (Lipinski definition) is 1. The minimum atomic E-state index is -0.185. The van der Waals surface area contributed by atoms with Crippen LogP contribution < -0.4 is 5.32 Å². The third-order valence-corrected chi connectivity index (χ3v) is 3.90. The fourth-order valence-corrected chi connectivity index (χ4v) is 2.87. The number of carbonyl (C=O) groups is 2. The highest BCUT2D eigenvalue weighted by Gasteiger charge is 2.42. The molecule has 2 atom stereocenters. The Hall–Kier alpha value is -1.69. The van der Waals surface area contributed by atoms with Gasteiger partial charge in [0.2, 0.25) is 5.91 Å². The second-order valence-corrected chi connectivity index (χ2v) is 5.17. The van der Waals surface area contributed by atoms with E-state index in [2.05, 4.69) is 15.3 Å². The van der Waals surface area contributed by atoms with Crippen molar-refractivity contribution >= 4 is 23.4 Å². The number of piperidine rings is 1. The third-order valence-electron chi connectivity index (χ3n) is 3.70. The largest absolute Gasteiger partial charge is 0.354 e. The number of hydrogen-bond acceptors (Lipinski definition) is 4. The molecule has 0 bridgehead atoms. The lowest BCUT2D eigenvalue weighted by molar-refractivity contribution is -0.123. The third kappa shape index (κ3) is 2.16. The molecule has 7 heteroatoms. The quantitative estimate of drug-likeness (QED) is 0.812. The first kappa shape index (κ1) is 12.3. The van der Waals surface area contributed by atoms with E-state index in [0.717, 1.165) is 12.8 Å². The van der Waals surface area contributed by atoms with Gasteiger partial charge in [-0.2, -0.15) is 0 Å². The molecule has 1 N–H and O–H groups in total. The van der Waals surface area contributed by atoms with Gasteiger partial charge in [-0.05, 0) is 12.8 Å². The fourth-order valence-electron chi connectivity index (χ4n) is 2.77. The molecule has 0 saturated carbocycles. The average molecular weight is 281 g/mol. The minimum absolute atomic E-state index is 0.0460. The maximum absolute atomic E-state index is 12.4. The van der Waals surface area contributed by atoms with Gasteiger partial charge in [0.1, 0.15) is 10.8 Å². The first-order valence-corrected chi connectivity index (χ1v) is 6.61. The number of carbonyl (C=O) groups excluding carboxylic acids is 2. The molecule has 2 aliphatic rings. The van der Waals surface area contributed by atoms with Crippen molar-refractivity contribution in [1.82, 2.24) is 20.2 Å². The van der Waals surface area contributed by atoms with Gasteiger partial charge in [-0.3, -0.25) is 9.59 Å². The van der Waals surface area contributed by atoms with E-state index in [1.807, 2.05) is 0 Å². The lowest BCUT2D eigenvalue weighted by Crippen LogP contribution is -2.48. The molecule has 0 radical (unpaired) electrons. The second kappa shape index (κ2) is 4.77. The molecular formula is C12H13ClN4O2. The van der Waals surface area contributed by atoms with Crippen LogP contribution in [0.5, 0.6) is 0 Å². The molecule has 0 spiro atoms. The zero-order chi connectivity index (χ0) is 13.4. The van der Waals surface area contributed by atoms with Crippen molar-refractivity contribution in [3.8, 4) is 0 Å². The summed E-state index contributed by atoms with van der Waals surface area (Å²) < 4.78 is 0. The van der Waals surface area contributed by atoms with Gasteiger partial charge < -0.3 is 10.2 Å². The summed E-state index contributed by atoms with van der Waals surface area (Å²) in [5.41, 5.74) is 0.268. The molecule has 100 valence electrons. The number of aromatic nitrogens is 2. The van der Waals surface area contributed by atoms with Gasteiger partial charge in [-0.1, -0.05) is 11.6 Å². The lowest BCUT2D eigenvalue weighted by Gasteiger charge is -2.35. The van der Waals surface area contributed by atoms with Crippen molar-refractivity contribution in [3.63, 3.8) is 0 Å².